The molecule has 0 unspecified atom stereocenters. The Morgan fingerprint density at radius 3 is 1.55 bits per heavy atom. The van der Waals surface area contributed by atoms with Crippen molar-refractivity contribution in [3.63, 3.8) is 0 Å². The molecule has 11 aromatic carbocycles. The van der Waals surface area contributed by atoms with E-state index < -0.39 is 0 Å². The van der Waals surface area contributed by atoms with Crippen molar-refractivity contribution in [3.05, 3.63) is 243 Å². The zero-order valence-electron chi connectivity index (χ0n) is 35.9. The number of nitrogens with zero attached hydrogens (tertiary/aromatic N) is 4. The summed E-state index contributed by atoms with van der Waals surface area (Å²) in [5, 5.41) is 9.57. The Bertz CT molecular complexity index is 3930. The molecule has 0 aliphatic heterocycles. The zero-order valence-corrected chi connectivity index (χ0v) is 35.9. The van der Waals surface area contributed by atoms with Gasteiger partial charge in [-0.25, -0.2) is 4.98 Å². The quantitative estimate of drug-likeness (QED) is 0.150. The molecule has 66 heavy (non-hydrogen) atoms. The van der Waals surface area contributed by atoms with Crippen molar-refractivity contribution >= 4 is 82.2 Å². The lowest BCUT2D eigenvalue weighted by atomic mass is 9.98. The molecule has 4 nitrogen and oxygen atoms in total. The van der Waals surface area contributed by atoms with Gasteiger partial charge in [-0.3, -0.25) is 4.98 Å². The number of fused-ring (bicyclic) bond motifs is 10. The molecule has 0 aliphatic carbocycles. The summed E-state index contributed by atoms with van der Waals surface area (Å²) in [7, 11) is 0. The molecule has 13 rings (SSSR count). The number of hydrogen-bond donors (Lipinski definition) is 0. The molecule has 0 atom stereocenters. The number of anilines is 3. The first-order chi connectivity index (χ1) is 32.7. The van der Waals surface area contributed by atoms with Crippen molar-refractivity contribution in [3.8, 4) is 39.2 Å². The average molecular weight is 841 g/mol. The highest BCUT2D eigenvalue weighted by Crippen LogP contribution is 2.41. The van der Waals surface area contributed by atoms with Crippen LogP contribution in [0.25, 0.3) is 104 Å². The van der Waals surface area contributed by atoms with E-state index in [4.69, 9.17) is 9.97 Å². The lowest BCUT2D eigenvalue weighted by Gasteiger charge is -2.26. The summed E-state index contributed by atoms with van der Waals surface area (Å²) < 4.78 is 2.36. The second-order valence-electron chi connectivity index (χ2n) is 17.0. The fourth-order valence-electron chi connectivity index (χ4n) is 10.1. The maximum Gasteiger partial charge on any atom is 0.0979 e. The summed E-state index contributed by atoms with van der Waals surface area (Å²) in [4.78, 5) is 12.7. The number of hydrogen-bond acceptors (Lipinski definition) is 3. The van der Waals surface area contributed by atoms with Gasteiger partial charge in [0.1, 0.15) is 0 Å². The highest BCUT2D eigenvalue weighted by Gasteiger charge is 2.18. The van der Waals surface area contributed by atoms with E-state index in [2.05, 4.69) is 246 Å². The third kappa shape index (κ3) is 6.22. The highest BCUT2D eigenvalue weighted by atomic mass is 15.1. The van der Waals surface area contributed by atoms with Gasteiger partial charge in [0.25, 0.3) is 0 Å². The van der Waals surface area contributed by atoms with Crippen LogP contribution in [-0.4, -0.2) is 14.5 Å². The summed E-state index contributed by atoms with van der Waals surface area (Å²) >= 11 is 0. The fourth-order valence-corrected chi connectivity index (χ4v) is 10.1. The van der Waals surface area contributed by atoms with Gasteiger partial charge in [-0.15, -0.1) is 0 Å². The smallest absolute Gasteiger partial charge is 0.0979 e. The average Bonchev–Trinajstić information content (AvgIpc) is 3.73. The van der Waals surface area contributed by atoms with E-state index in [1.165, 1.54) is 60.0 Å². The van der Waals surface area contributed by atoms with Crippen LogP contribution in [0.2, 0.25) is 0 Å². The molecule has 0 saturated heterocycles. The zero-order chi connectivity index (χ0) is 43.6. The van der Waals surface area contributed by atoms with Crippen LogP contribution in [-0.2, 0) is 0 Å². The molecule has 13 aromatic rings. The number of benzene rings is 11. The van der Waals surface area contributed by atoms with Gasteiger partial charge in [-0.05, 0) is 111 Å². The Kier molecular flexibility index (Phi) is 8.81. The van der Waals surface area contributed by atoms with E-state index in [0.29, 0.717) is 0 Å². The van der Waals surface area contributed by atoms with E-state index in [0.717, 1.165) is 61.4 Å². The van der Waals surface area contributed by atoms with Crippen LogP contribution in [0.4, 0.5) is 17.1 Å². The molecule has 0 spiro atoms. The summed E-state index contributed by atoms with van der Waals surface area (Å²) in [5.41, 5.74) is 15.2. The van der Waals surface area contributed by atoms with Gasteiger partial charge in [0, 0.05) is 49.9 Å². The summed E-state index contributed by atoms with van der Waals surface area (Å²) in [5.74, 6) is 0. The van der Waals surface area contributed by atoms with E-state index in [-0.39, 0.29) is 0 Å². The number of para-hydroxylation sites is 2. The van der Waals surface area contributed by atoms with Crippen LogP contribution in [0.15, 0.2) is 243 Å². The van der Waals surface area contributed by atoms with Gasteiger partial charge in [-0.2, -0.15) is 0 Å². The molecule has 0 amide bonds. The number of aromatic nitrogens is 3. The molecule has 0 bridgehead atoms. The predicted octanol–water partition coefficient (Wildman–Crippen LogP) is 16.7. The molecule has 4 heteroatoms. The van der Waals surface area contributed by atoms with Crippen molar-refractivity contribution in [2.24, 2.45) is 0 Å². The van der Waals surface area contributed by atoms with Crippen molar-refractivity contribution in [1.82, 2.24) is 14.5 Å². The number of rotatable bonds is 7. The molecule has 0 fully saturated rings. The minimum Gasteiger partial charge on any atom is -0.311 e. The second-order valence-corrected chi connectivity index (χ2v) is 17.0. The first-order valence-electron chi connectivity index (χ1n) is 22.5. The maximum atomic E-state index is 5.29. The van der Waals surface area contributed by atoms with Gasteiger partial charge < -0.3 is 9.47 Å². The van der Waals surface area contributed by atoms with Crippen LogP contribution < -0.4 is 4.90 Å². The van der Waals surface area contributed by atoms with Crippen molar-refractivity contribution < 1.29 is 0 Å². The normalized spacial score (nSPS) is 11.6. The van der Waals surface area contributed by atoms with E-state index >= 15 is 0 Å². The van der Waals surface area contributed by atoms with Gasteiger partial charge >= 0.3 is 0 Å². The van der Waals surface area contributed by atoms with Crippen LogP contribution in [0, 0.1) is 0 Å². The lowest BCUT2D eigenvalue weighted by molar-refractivity contribution is 1.18. The van der Waals surface area contributed by atoms with E-state index in [1.54, 1.807) is 0 Å². The molecule has 2 heterocycles. The van der Waals surface area contributed by atoms with Crippen LogP contribution in [0.1, 0.15) is 0 Å². The van der Waals surface area contributed by atoms with Crippen LogP contribution >= 0.6 is 0 Å². The largest absolute Gasteiger partial charge is 0.311 e. The van der Waals surface area contributed by atoms with Crippen LogP contribution in [0.5, 0.6) is 0 Å². The minimum atomic E-state index is 0.841. The summed E-state index contributed by atoms with van der Waals surface area (Å²) in [6.07, 6.45) is 1.91. The molecular formula is C62H40N4. The first kappa shape index (κ1) is 37.7. The fraction of sp³-hybridized carbons (Fsp3) is 0. The maximum absolute atomic E-state index is 5.29. The predicted molar refractivity (Wildman–Crippen MR) is 277 cm³/mol. The molecule has 308 valence electrons. The summed E-state index contributed by atoms with van der Waals surface area (Å²) in [6, 6.07) is 85.0. The second kappa shape index (κ2) is 15.4. The van der Waals surface area contributed by atoms with Gasteiger partial charge in [0.2, 0.25) is 0 Å². The minimum absolute atomic E-state index is 0.841. The highest BCUT2D eigenvalue weighted by molar-refractivity contribution is 6.23. The topological polar surface area (TPSA) is 34.0 Å². The van der Waals surface area contributed by atoms with E-state index in [9.17, 15) is 0 Å². The van der Waals surface area contributed by atoms with Gasteiger partial charge in [0.15, 0.2) is 0 Å². The molecule has 0 saturated carbocycles. The molecule has 0 aliphatic rings. The van der Waals surface area contributed by atoms with Crippen molar-refractivity contribution in [2.45, 2.75) is 0 Å². The lowest BCUT2D eigenvalue weighted by Crippen LogP contribution is -2.09. The third-order valence-electron chi connectivity index (χ3n) is 13.2. The Hall–Kier alpha value is -8.86. The van der Waals surface area contributed by atoms with Gasteiger partial charge in [0.05, 0.1) is 34.0 Å². The Morgan fingerprint density at radius 1 is 0.333 bits per heavy atom. The van der Waals surface area contributed by atoms with Crippen molar-refractivity contribution in [1.29, 1.82) is 0 Å². The van der Waals surface area contributed by atoms with E-state index in [1.807, 2.05) is 6.20 Å². The first-order valence-corrected chi connectivity index (χ1v) is 22.5. The molecule has 2 aromatic heterocycles. The standard InChI is InChI=1S/C62H40N4/c1-2-15-46(16-3-1)66-59-24-11-10-20-54(59)57-39-45(31-38-60(57)66)41-25-32-47(33-26-41)65(48-34-27-43(28-35-48)51-23-12-14-42-13-4-5-17-50(42)51)49-36-29-44(30-37-49)58-40-63-61-55-21-8-6-18-52(55)53-19-7-9-22-56(53)62(61)64-58/h1-40H. The van der Waals surface area contributed by atoms with Crippen molar-refractivity contribution in [2.75, 3.05) is 4.90 Å². The SMILES string of the molecule is c1ccc(-n2c3ccccc3c3cc(-c4ccc(N(c5ccc(-c6cnc7c8ccccc8c8ccccc8c7n6)cc5)c5ccc(-c6cccc7ccccc67)cc5)cc4)ccc32)cc1. The Morgan fingerprint density at radius 2 is 0.848 bits per heavy atom. The molecule has 0 N–H and O–H groups in total. The Labute approximate surface area is 381 Å². The van der Waals surface area contributed by atoms with Gasteiger partial charge in [-0.1, -0.05) is 170 Å². The summed E-state index contributed by atoms with van der Waals surface area (Å²) in [6.45, 7) is 0. The van der Waals surface area contributed by atoms with Crippen LogP contribution in [0.3, 0.4) is 0 Å². The Balaban J connectivity index is 0.895. The monoisotopic (exact) mass is 840 g/mol. The molecule has 0 radical (unpaired) electrons. The third-order valence-corrected chi connectivity index (χ3v) is 13.2. The molecular weight excluding hydrogens is 801 g/mol.